The first-order valence-corrected chi connectivity index (χ1v) is 12.1. The highest BCUT2D eigenvalue weighted by Gasteiger charge is 2.30. The van der Waals surface area contributed by atoms with Crippen molar-refractivity contribution < 1.29 is 24.2 Å². The lowest BCUT2D eigenvalue weighted by Crippen LogP contribution is -2.48. The predicted molar refractivity (Wildman–Crippen MR) is 134 cm³/mol. The van der Waals surface area contributed by atoms with Gasteiger partial charge in [0.2, 0.25) is 0 Å². The van der Waals surface area contributed by atoms with Crippen LogP contribution in [0.1, 0.15) is 23.1 Å². The number of carbonyl (C=O) groups excluding carboxylic acids is 1. The molecule has 0 heterocycles. The molecule has 0 aliphatic carbocycles. The van der Waals surface area contributed by atoms with Gasteiger partial charge in [0.05, 0.1) is 7.11 Å². The lowest BCUT2D eigenvalue weighted by atomic mass is 10.0. The van der Waals surface area contributed by atoms with Gasteiger partial charge in [0.1, 0.15) is 18.4 Å². The normalized spacial score (nSPS) is 12.4. The number of amides is 1. The monoisotopic (exact) mass is 479 g/mol. The predicted octanol–water partition coefficient (Wildman–Crippen LogP) is 5.31. The van der Waals surface area contributed by atoms with Gasteiger partial charge >= 0.3 is 12.1 Å². The van der Waals surface area contributed by atoms with E-state index in [9.17, 15) is 14.7 Å². The molecule has 3 aromatic rings. The molecule has 0 bridgehead atoms. The van der Waals surface area contributed by atoms with Crippen molar-refractivity contribution in [2.45, 2.75) is 36.5 Å². The number of ether oxygens (including phenoxy) is 2. The number of alkyl carbamates (subject to hydrolysis) is 1. The third-order valence-electron chi connectivity index (χ3n) is 5.31. The zero-order valence-corrected chi connectivity index (χ0v) is 19.9. The molecule has 0 aromatic heterocycles. The van der Waals surface area contributed by atoms with E-state index >= 15 is 0 Å². The molecule has 0 spiro atoms. The van der Waals surface area contributed by atoms with Gasteiger partial charge in [-0.2, -0.15) is 11.8 Å². The second-order valence-corrected chi connectivity index (χ2v) is 8.97. The van der Waals surface area contributed by atoms with Gasteiger partial charge in [0, 0.05) is 11.0 Å². The van der Waals surface area contributed by atoms with Crippen LogP contribution >= 0.6 is 11.8 Å². The van der Waals surface area contributed by atoms with E-state index in [0.29, 0.717) is 18.6 Å². The second-order valence-electron chi connectivity index (χ2n) is 7.74. The SMILES string of the molecule is COc1ccc(CSC(CCc2ccccc2)C(NC(=O)OCc2ccccc2)C(=O)O)cc1. The number of hydrogen-bond donors (Lipinski definition) is 2. The van der Waals surface area contributed by atoms with Crippen molar-refractivity contribution in [3.63, 3.8) is 0 Å². The van der Waals surface area contributed by atoms with Crippen LogP contribution in [0.15, 0.2) is 84.9 Å². The minimum Gasteiger partial charge on any atom is -0.497 e. The van der Waals surface area contributed by atoms with Gasteiger partial charge in [-0.1, -0.05) is 72.8 Å². The second kappa shape index (κ2) is 13.3. The van der Waals surface area contributed by atoms with E-state index in [1.165, 1.54) is 11.8 Å². The molecule has 2 atom stereocenters. The smallest absolute Gasteiger partial charge is 0.408 e. The molecule has 1 amide bonds. The maximum atomic E-state index is 12.4. The molecule has 178 valence electrons. The summed E-state index contributed by atoms with van der Waals surface area (Å²) in [5.74, 6) is 0.283. The number of thioether (sulfide) groups is 1. The first kappa shape index (κ1) is 25.2. The summed E-state index contributed by atoms with van der Waals surface area (Å²) in [6, 6.07) is 25.8. The number of carbonyl (C=O) groups is 2. The van der Waals surface area contributed by atoms with Crippen LogP contribution in [0.2, 0.25) is 0 Å². The Hall–Kier alpha value is -3.45. The molecule has 2 N–H and O–H groups in total. The fraction of sp³-hybridized carbons (Fsp3) is 0.259. The minimum atomic E-state index is -1.09. The van der Waals surface area contributed by atoms with Crippen LogP contribution in [-0.2, 0) is 28.3 Å². The summed E-state index contributed by atoms with van der Waals surface area (Å²) < 4.78 is 10.5. The Morgan fingerprint density at radius 1 is 0.882 bits per heavy atom. The molecule has 2 unspecified atom stereocenters. The first-order valence-electron chi connectivity index (χ1n) is 11.0. The van der Waals surface area contributed by atoms with Crippen LogP contribution in [0, 0.1) is 0 Å². The van der Waals surface area contributed by atoms with Gasteiger partial charge < -0.3 is 19.9 Å². The van der Waals surface area contributed by atoms with Gasteiger partial charge in [-0.15, -0.1) is 0 Å². The van der Waals surface area contributed by atoms with Crippen LogP contribution in [0.4, 0.5) is 4.79 Å². The van der Waals surface area contributed by atoms with E-state index in [-0.39, 0.29) is 11.9 Å². The summed E-state index contributed by atoms with van der Waals surface area (Å²) in [4.78, 5) is 24.6. The number of methoxy groups -OCH3 is 1. The lowest BCUT2D eigenvalue weighted by Gasteiger charge is -2.24. The fourth-order valence-electron chi connectivity index (χ4n) is 3.43. The van der Waals surface area contributed by atoms with Crippen molar-refractivity contribution in [1.82, 2.24) is 5.32 Å². The Kier molecular flexibility index (Phi) is 9.85. The highest BCUT2D eigenvalue weighted by Crippen LogP contribution is 2.26. The van der Waals surface area contributed by atoms with E-state index < -0.39 is 18.1 Å². The topological polar surface area (TPSA) is 84.9 Å². The highest BCUT2D eigenvalue weighted by atomic mass is 32.2. The third kappa shape index (κ3) is 8.15. The van der Waals surface area contributed by atoms with Crippen molar-refractivity contribution in [3.05, 3.63) is 102 Å². The molecule has 0 saturated heterocycles. The van der Waals surface area contributed by atoms with E-state index in [2.05, 4.69) is 5.32 Å². The molecule has 3 rings (SSSR count). The van der Waals surface area contributed by atoms with Gasteiger partial charge in [0.15, 0.2) is 0 Å². The number of hydrogen-bond acceptors (Lipinski definition) is 5. The molecule has 34 heavy (non-hydrogen) atoms. The molecule has 6 nitrogen and oxygen atoms in total. The molecule has 7 heteroatoms. The summed E-state index contributed by atoms with van der Waals surface area (Å²) >= 11 is 1.51. The van der Waals surface area contributed by atoms with Crippen LogP contribution in [-0.4, -0.2) is 35.6 Å². The molecule has 0 aliphatic heterocycles. The van der Waals surface area contributed by atoms with Crippen molar-refractivity contribution in [2.75, 3.05) is 7.11 Å². The van der Waals surface area contributed by atoms with E-state index in [4.69, 9.17) is 9.47 Å². The summed E-state index contributed by atoms with van der Waals surface area (Å²) in [6.45, 7) is 0.0761. The van der Waals surface area contributed by atoms with Gasteiger partial charge in [-0.3, -0.25) is 0 Å². The van der Waals surface area contributed by atoms with Gasteiger partial charge in [-0.05, 0) is 41.7 Å². The van der Waals surface area contributed by atoms with Crippen molar-refractivity contribution in [1.29, 1.82) is 0 Å². The average Bonchev–Trinajstić information content (AvgIpc) is 2.88. The van der Waals surface area contributed by atoms with Crippen molar-refractivity contribution in [2.24, 2.45) is 0 Å². The summed E-state index contributed by atoms with van der Waals surface area (Å²) in [7, 11) is 1.61. The summed E-state index contributed by atoms with van der Waals surface area (Å²) in [6.07, 6.45) is 0.540. The number of rotatable bonds is 12. The minimum absolute atomic E-state index is 0.0761. The Labute approximate surface area is 204 Å². The standard InChI is InChI=1S/C27H29NO5S/c1-32-23-15-12-22(13-16-23)19-34-24(17-14-20-8-4-2-5-9-20)25(26(29)30)28-27(31)33-18-21-10-6-3-7-11-21/h2-13,15-16,24-25H,14,17-19H2,1H3,(H,28,31)(H,29,30). The Morgan fingerprint density at radius 2 is 1.50 bits per heavy atom. The fourth-order valence-corrected chi connectivity index (χ4v) is 4.69. The van der Waals surface area contributed by atoms with Crippen molar-refractivity contribution in [3.8, 4) is 5.75 Å². The molecule has 3 aromatic carbocycles. The van der Waals surface area contributed by atoms with Crippen molar-refractivity contribution >= 4 is 23.8 Å². The maximum Gasteiger partial charge on any atom is 0.408 e. The van der Waals surface area contributed by atoms with E-state index in [0.717, 1.165) is 22.4 Å². The number of carboxylic acids is 1. The maximum absolute atomic E-state index is 12.4. The van der Waals surface area contributed by atoms with Crippen LogP contribution in [0.3, 0.4) is 0 Å². The molecular formula is C27H29NO5S. The molecular weight excluding hydrogens is 450 g/mol. The van der Waals surface area contributed by atoms with Crippen LogP contribution in [0.5, 0.6) is 5.75 Å². The largest absolute Gasteiger partial charge is 0.497 e. The summed E-state index contributed by atoms with van der Waals surface area (Å²) in [5, 5.41) is 12.2. The van der Waals surface area contributed by atoms with Crippen LogP contribution < -0.4 is 10.1 Å². The molecule has 0 radical (unpaired) electrons. The number of benzene rings is 3. The average molecular weight is 480 g/mol. The van der Waals surface area contributed by atoms with E-state index in [1.54, 1.807) is 7.11 Å². The zero-order chi connectivity index (χ0) is 24.2. The lowest BCUT2D eigenvalue weighted by molar-refractivity contribution is -0.139. The van der Waals surface area contributed by atoms with Gasteiger partial charge in [0.25, 0.3) is 0 Å². The molecule has 0 fully saturated rings. The summed E-state index contributed by atoms with van der Waals surface area (Å²) in [5.41, 5.74) is 3.00. The first-order chi connectivity index (χ1) is 16.5. The molecule has 0 saturated carbocycles. The van der Waals surface area contributed by atoms with Gasteiger partial charge in [-0.25, -0.2) is 9.59 Å². The Bertz CT molecular complexity index is 1030. The Balaban J connectivity index is 1.67. The van der Waals surface area contributed by atoms with E-state index in [1.807, 2.05) is 84.9 Å². The number of aryl methyl sites for hydroxylation is 1. The highest BCUT2D eigenvalue weighted by molar-refractivity contribution is 7.99. The quantitative estimate of drug-likeness (QED) is 0.366. The molecule has 0 aliphatic rings. The Morgan fingerprint density at radius 3 is 2.09 bits per heavy atom. The zero-order valence-electron chi connectivity index (χ0n) is 19.1. The number of carboxylic acid groups (broad SMARTS) is 1. The van der Waals surface area contributed by atoms with Crippen LogP contribution in [0.25, 0.3) is 0 Å². The third-order valence-corrected chi connectivity index (χ3v) is 6.74. The number of aliphatic carboxylic acids is 1. The number of nitrogens with one attached hydrogen (secondary N) is 1.